The van der Waals surface area contributed by atoms with E-state index in [0.29, 0.717) is 26.2 Å². The molecular weight excluding hydrogens is 434 g/mol. The summed E-state index contributed by atoms with van der Waals surface area (Å²) in [5.74, 6) is 1.32. The summed E-state index contributed by atoms with van der Waals surface area (Å²) in [5, 5.41) is 10.1. The number of imidazole rings is 1. The molecule has 1 fully saturated rings. The molecule has 1 unspecified atom stereocenters. The fraction of sp³-hybridized carbons (Fsp3) is 0.417. The van der Waals surface area contributed by atoms with Crippen molar-refractivity contribution < 1.29 is 14.3 Å². The van der Waals surface area contributed by atoms with E-state index in [2.05, 4.69) is 27.9 Å². The number of ether oxygens (including phenoxy) is 2. The lowest BCUT2D eigenvalue weighted by atomic mass is 10.0. The maximum atomic E-state index is 12.3. The molecule has 10 nitrogen and oxygen atoms in total. The molecule has 0 spiro atoms. The van der Waals surface area contributed by atoms with Gasteiger partial charge in [0.2, 0.25) is 0 Å². The Morgan fingerprint density at radius 3 is 2.79 bits per heavy atom. The summed E-state index contributed by atoms with van der Waals surface area (Å²) in [6, 6.07) is 6.33. The van der Waals surface area contributed by atoms with Crippen LogP contribution in [0.1, 0.15) is 23.9 Å². The van der Waals surface area contributed by atoms with E-state index in [1.54, 1.807) is 9.58 Å². The van der Waals surface area contributed by atoms with Crippen LogP contribution in [-0.2, 0) is 36.7 Å². The van der Waals surface area contributed by atoms with E-state index in [1.165, 1.54) is 7.11 Å². The van der Waals surface area contributed by atoms with Crippen molar-refractivity contribution in [2.75, 3.05) is 26.9 Å². The highest BCUT2D eigenvalue weighted by atomic mass is 16.5. The first-order chi connectivity index (χ1) is 16.5. The number of aryl methyl sites for hydroxylation is 2. The first-order valence-electron chi connectivity index (χ1n) is 11.5. The monoisotopic (exact) mass is 461 g/mol. The molecule has 176 valence electrons. The number of carbonyl (C=O) groups excluding carboxylic acids is 1. The van der Waals surface area contributed by atoms with Gasteiger partial charge in [0.25, 0.3) is 0 Å². The normalized spacial score (nSPS) is 18.0. The average Bonchev–Trinajstić information content (AvgIpc) is 3.64. The van der Waals surface area contributed by atoms with Gasteiger partial charge in [-0.3, -0.25) is 9.36 Å². The Balaban J connectivity index is 1.50. The molecule has 10 heteroatoms. The third-order valence-corrected chi connectivity index (χ3v) is 6.87. The first-order valence-corrected chi connectivity index (χ1v) is 11.5. The number of fused-ring (bicyclic) bond motifs is 2. The van der Waals surface area contributed by atoms with Crippen molar-refractivity contribution >= 4 is 17.0 Å². The van der Waals surface area contributed by atoms with Gasteiger partial charge in [-0.2, -0.15) is 10.2 Å². The van der Waals surface area contributed by atoms with Crippen molar-refractivity contribution in [1.29, 1.82) is 0 Å². The molecule has 1 amide bonds. The summed E-state index contributed by atoms with van der Waals surface area (Å²) in [6.07, 6.45) is 4.45. The molecule has 0 radical (unpaired) electrons. The van der Waals surface area contributed by atoms with Crippen LogP contribution in [0.3, 0.4) is 0 Å². The van der Waals surface area contributed by atoms with Gasteiger partial charge < -0.3 is 18.9 Å². The first kappa shape index (κ1) is 20.9. The molecule has 1 atom stereocenters. The third-order valence-electron chi connectivity index (χ3n) is 6.87. The summed E-state index contributed by atoms with van der Waals surface area (Å²) >= 11 is 0. The van der Waals surface area contributed by atoms with Gasteiger partial charge in [0.15, 0.2) is 0 Å². The van der Waals surface area contributed by atoms with Crippen LogP contribution in [0.5, 0.6) is 0 Å². The van der Waals surface area contributed by atoms with Crippen LogP contribution in [0.4, 0.5) is 4.79 Å². The Morgan fingerprint density at radius 2 is 2.06 bits per heavy atom. The van der Waals surface area contributed by atoms with Crippen molar-refractivity contribution in [2.45, 2.75) is 25.4 Å². The zero-order valence-corrected chi connectivity index (χ0v) is 19.6. The molecule has 0 saturated carbocycles. The molecule has 34 heavy (non-hydrogen) atoms. The summed E-state index contributed by atoms with van der Waals surface area (Å²) < 4.78 is 16.6. The second-order valence-electron chi connectivity index (χ2n) is 8.98. The minimum Gasteiger partial charge on any atom is -0.453 e. The lowest BCUT2D eigenvalue weighted by Crippen LogP contribution is -2.38. The summed E-state index contributed by atoms with van der Waals surface area (Å²) in [4.78, 5) is 19.2. The van der Waals surface area contributed by atoms with Crippen LogP contribution >= 0.6 is 0 Å². The van der Waals surface area contributed by atoms with Crippen molar-refractivity contribution in [1.82, 2.24) is 34.0 Å². The van der Waals surface area contributed by atoms with Gasteiger partial charge in [0, 0.05) is 62.4 Å². The van der Waals surface area contributed by atoms with Gasteiger partial charge in [-0.25, -0.2) is 9.78 Å². The minimum absolute atomic E-state index is 0.269. The Hall–Kier alpha value is -3.66. The van der Waals surface area contributed by atoms with Gasteiger partial charge in [-0.1, -0.05) is 6.07 Å². The van der Waals surface area contributed by atoms with Gasteiger partial charge in [-0.15, -0.1) is 0 Å². The molecule has 3 aromatic heterocycles. The van der Waals surface area contributed by atoms with Crippen molar-refractivity contribution in [3.05, 3.63) is 42.1 Å². The number of hydrogen-bond donors (Lipinski definition) is 0. The quantitative estimate of drug-likeness (QED) is 0.466. The van der Waals surface area contributed by atoms with E-state index in [-0.39, 0.29) is 12.0 Å². The maximum Gasteiger partial charge on any atom is 0.409 e. The molecule has 6 rings (SSSR count). The van der Waals surface area contributed by atoms with Crippen LogP contribution in [-0.4, -0.2) is 67.0 Å². The Kier molecular flexibility index (Phi) is 4.91. The fourth-order valence-corrected chi connectivity index (χ4v) is 5.13. The zero-order valence-electron chi connectivity index (χ0n) is 19.6. The highest BCUT2D eigenvalue weighted by Gasteiger charge is 2.32. The smallest absolute Gasteiger partial charge is 0.409 e. The molecular formula is C24H27N7O3. The Labute approximate surface area is 196 Å². The summed E-state index contributed by atoms with van der Waals surface area (Å²) in [6.45, 7) is 3.20. The predicted octanol–water partition coefficient (Wildman–Crippen LogP) is 2.92. The molecule has 1 saturated heterocycles. The van der Waals surface area contributed by atoms with Crippen molar-refractivity contribution in [3.8, 4) is 22.5 Å². The van der Waals surface area contributed by atoms with Crippen molar-refractivity contribution in [2.24, 2.45) is 14.1 Å². The largest absolute Gasteiger partial charge is 0.453 e. The summed E-state index contributed by atoms with van der Waals surface area (Å²) in [7, 11) is 5.28. The van der Waals surface area contributed by atoms with Gasteiger partial charge in [-0.05, 0) is 18.6 Å². The Bertz CT molecular complexity index is 1390. The van der Waals surface area contributed by atoms with E-state index in [4.69, 9.17) is 19.6 Å². The fourth-order valence-electron chi connectivity index (χ4n) is 5.13. The summed E-state index contributed by atoms with van der Waals surface area (Å²) in [5.41, 5.74) is 5.84. The maximum absolute atomic E-state index is 12.3. The van der Waals surface area contributed by atoms with Crippen LogP contribution in [0.2, 0.25) is 0 Å². The van der Waals surface area contributed by atoms with E-state index < -0.39 is 0 Å². The van der Waals surface area contributed by atoms with E-state index in [1.807, 2.05) is 31.2 Å². The van der Waals surface area contributed by atoms with Gasteiger partial charge in [0.05, 0.1) is 43.4 Å². The highest BCUT2D eigenvalue weighted by Crippen LogP contribution is 2.36. The standard InChI is InChI=1S/C24H27N7O3/c1-28-12-17(11-25-28)21-18-10-15(4-5-19(18)29(2)27-21)22-20-13-30(24(32)33-3)7-8-31(20)23(26-22)16-6-9-34-14-16/h4-5,10-12,16H,6-9,13-14H2,1-3H3. The van der Waals surface area contributed by atoms with Gasteiger partial charge >= 0.3 is 6.09 Å². The topological polar surface area (TPSA) is 92.2 Å². The second kappa shape index (κ2) is 7.98. The van der Waals surface area contributed by atoms with E-state index in [0.717, 1.165) is 58.0 Å². The molecule has 4 aromatic rings. The number of amides is 1. The number of aromatic nitrogens is 6. The Morgan fingerprint density at radius 1 is 1.18 bits per heavy atom. The molecule has 2 aliphatic rings. The number of hydrogen-bond acceptors (Lipinski definition) is 6. The van der Waals surface area contributed by atoms with Crippen molar-refractivity contribution in [3.63, 3.8) is 0 Å². The van der Waals surface area contributed by atoms with Crippen LogP contribution in [0.25, 0.3) is 33.4 Å². The molecule has 5 heterocycles. The zero-order chi connectivity index (χ0) is 23.4. The van der Waals surface area contributed by atoms with Crippen LogP contribution < -0.4 is 0 Å². The van der Waals surface area contributed by atoms with E-state index >= 15 is 0 Å². The minimum atomic E-state index is -0.314. The number of rotatable bonds is 3. The molecule has 0 aliphatic carbocycles. The van der Waals surface area contributed by atoms with Crippen LogP contribution in [0.15, 0.2) is 30.6 Å². The number of methoxy groups -OCH3 is 1. The highest BCUT2D eigenvalue weighted by molar-refractivity contribution is 5.95. The number of carbonyl (C=O) groups is 1. The lowest BCUT2D eigenvalue weighted by molar-refractivity contribution is 0.112. The lowest BCUT2D eigenvalue weighted by Gasteiger charge is -2.29. The predicted molar refractivity (Wildman–Crippen MR) is 125 cm³/mol. The SMILES string of the molecule is COC(=O)N1CCn2c(C3CCOC3)nc(-c3ccc4c(c3)c(-c3cnn(C)c3)nn4C)c2C1. The number of benzene rings is 1. The molecule has 1 aromatic carbocycles. The molecule has 0 bridgehead atoms. The average molecular weight is 462 g/mol. The number of nitrogens with zero attached hydrogens (tertiary/aromatic N) is 7. The van der Waals surface area contributed by atoms with Crippen LogP contribution in [0, 0.1) is 0 Å². The molecule has 0 N–H and O–H groups in total. The second-order valence-corrected chi connectivity index (χ2v) is 8.98. The van der Waals surface area contributed by atoms with E-state index in [9.17, 15) is 4.79 Å². The van der Waals surface area contributed by atoms with Gasteiger partial charge in [0.1, 0.15) is 11.5 Å². The molecule has 2 aliphatic heterocycles. The third kappa shape index (κ3) is 3.28.